The number of halogens is 2. The molecule has 6 heteroatoms. The Morgan fingerprint density at radius 1 is 1.56 bits per heavy atom. The summed E-state index contributed by atoms with van der Waals surface area (Å²) in [4.78, 5) is 15.5. The number of carbonyl (C=O) groups is 1. The van der Waals surface area contributed by atoms with Gasteiger partial charge in [-0.2, -0.15) is 8.78 Å². The van der Waals surface area contributed by atoms with Gasteiger partial charge in [-0.05, 0) is 36.7 Å². The molecule has 1 saturated carbocycles. The van der Waals surface area contributed by atoms with Crippen LogP contribution >= 0.6 is 11.8 Å². The molecule has 1 N–H and O–H groups in total. The van der Waals surface area contributed by atoms with E-state index in [9.17, 15) is 13.6 Å². The Balaban J connectivity index is 2.13. The van der Waals surface area contributed by atoms with E-state index in [1.807, 2.05) is 0 Å². The molecule has 1 aliphatic carbocycles. The molecule has 86 valence electrons. The number of aromatic nitrogens is 1. The van der Waals surface area contributed by atoms with E-state index in [1.54, 1.807) is 6.07 Å². The molecule has 1 fully saturated rings. The Labute approximate surface area is 95.6 Å². The normalized spacial score (nSPS) is 15.2. The quantitative estimate of drug-likeness (QED) is 0.826. The van der Waals surface area contributed by atoms with Gasteiger partial charge in [-0.1, -0.05) is 0 Å². The van der Waals surface area contributed by atoms with Gasteiger partial charge in [0.25, 0.3) is 11.7 Å². The lowest BCUT2D eigenvalue weighted by atomic mass is 10.2. The van der Waals surface area contributed by atoms with Crippen molar-refractivity contribution >= 4 is 17.7 Å². The van der Waals surface area contributed by atoms with E-state index in [-0.39, 0.29) is 22.5 Å². The highest BCUT2D eigenvalue weighted by molar-refractivity contribution is 7.99. The van der Waals surface area contributed by atoms with Crippen LogP contribution in [0.1, 0.15) is 23.2 Å². The summed E-state index contributed by atoms with van der Waals surface area (Å²) >= 11 is 0.296. The number of rotatable bonds is 4. The number of amides is 1. The minimum absolute atomic E-state index is 0.0793. The fourth-order valence-corrected chi connectivity index (χ4v) is 1.81. The topological polar surface area (TPSA) is 42.0 Å². The Hall–Kier alpha value is -1.17. The first kappa shape index (κ1) is 11.3. The van der Waals surface area contributed by atoms with Crippen LogP contribution in [0.15, 0.2) is 23.4 Å². The number of hydrogen-bond donors (Lipinski definition) is 1. The molecule has 0 spiro atoms. The van der Waals surface area contributed by atoms with Gasteiger partial charge in [0.1, 0.15) is 5.03 Å². The third kappa shape index (κ3) is 2.91. The first-order chi connectivity index (χ1) is 7.66. The molecular weight excluding hydrogens is 234 g/mol. The van der Waals surface area contributed by atoms with Crippen LogP contribution in [0.5, 0.6) is 0 Å². The molecule has 1 aromatic heterocycles. The van der Waals surface area contributed by atoms with E-state index < -0.39 is 5.76 Å². The van der Waals surface area contributed by atoms with Gasteiger partial charge < -0.3 is 5.32 Å². The fraction of sp³-hybridized carbons (Fsp3) is 0.400. The predicted octanol–water partition coefficient (Wildman–Crippen LogP) is 2.29. The maximum Gasteiger partial charge on any atom is 0.290 e. The summed E-state index contributed by atoms with van der Waals surface area (Å²) in [6.07, 6.45) is 3.32. The van der Waals surface area contributed by atoms with Crippen molar-refractivity contribution in [3.05, 3.63) is 23.9 Å². The van der Waals surface area contributed by atoms with Gasteiger partial charge in [-0.3, -0.25) is 4.79 Å². The minimum atomic E-state index is -2.57. The van der Waals surface area contributed by atoms with Crippen molar-refractivity contribution in [3.63, 3.8) is 0 Å². The molecule has 1 aliphatic rings. The molecular formula is C10H10F2N2OS. The number of thioether (sulfide) groups is 1. The van der Waals surface area contributed by atoms with Crippen molar-refractivity contribution in [2.45, 2.75) is 29.7 Å². The second-order valence-corrected chi connectivity index (χ2v) is 4.46. The summed E-state index contributed by atoms with van der Waals surface area (Å²) < 4.78 is 24.5. The zero-order valence-electron chi connectivity index (χ0n) is 8.32. The summed E-state index contributed by atoms with van der Waals surface area (Å²) in [5.41, 5.74) is 0.222. The maximum atomic E-state index is 12.2. The maximum absolute atomic E-state index is 12.2. The molecule has 0 radical (unpaired) electrons. The Morgan fingerprint density at radius 2 is 2.31 bits per heavy atom. The first-order valence-corrected chi connectivity index (χ1v) is 5.75. The van der Waals surface area contributed by atoms with Crippen molar-refractivity contribution in [3.8, 4) is 0 Å². The van der Waals surface area contributed by atoms with Crippen LogP contribution in [0.4, 0.5) is 8.78 Å². The number of hydrogen-bond acceptors (Lipinski definition) is 3. The molecule has 1 amide bonds. The van der Waals surface area contributed by atoms with Gasteiger partial charge in [0.2, 0.25) is 0 Å². The highest BCUT2D eigenvalue weighted by atomic mass is 32.2. The first-order valence-electron chi connectivity index (χ1n) is 4.87. The number of pyridine rings is 1. The largest absolute Gasteiger partial charge is 0.349 e. The second-order valence-electron chi connectivity index (χ2n) is 3.48. The molecule has 0 atom stereocenters. The Bertz CT molecular complexity index is 396. The van der Waals surface area contributed by atoms with E-state index in [1.165, 1.54) is 12.3 Å². The van der Waals surface area contributed by atoms with Gasteiger partial charge >= 0.3 is 0 Å². The summed E-state index contributed by atoms with van der Waals surface area (Å²) in [6, 6.07) is 3.28. The molecule has 0 bridgehead atoms. The number of nitrogens with one attached hydrogen (secondary N) is 1. The van der Waals surface area contributed by atoms with Crippen LogP contribution < -0.4 is 5.32 Å². The molecule has 0 aliphatic heterocycles. The molecule has 0 unspecified atom stereocenters. The zero-order valence-corrected chi connectivity index (χ0v) is 9.14. The van der Waals surface area contributed by atoms with E-state index in [4.69, 9.17) is 0 Å². The van der Waals surface area contributed by atoms with Crippen LogP contribution in [0.25, 0.3) is 0 Å². The predicted molar refractivity (Wildman–Crippen MR) is 56.6 cm³/mol. The third-order valence-corrected chi connectivity index (χ3v) is 2.86. The van der Waals surface area contributed by atoms with Crippen LogP contribution in [0, 0.1) is 0 Å². The van der Waals surface area contributed by atoms with Crippen molar-refractivity contribution in [2.75, 3.05) is 0 Å². The smallest absolute Gasteiger partial charge is 0.290 e. The van der Waals surface area contributed by atoms with Gasteiger partial charge in [0, 0.05) is 12.2 Å². The minimum Gasteiger partial charge on any atom is -0.349 e. The average Bonchev–Trinajstić information content (AvgIpc) is 3.01. The fourth-order valence-electron chi connectivity index (χ4n) is 1.23. The van der Waals surface area contributed by atoms with Crippen LogP contribution in [0.3, 0.4) is 0 Å². The van der Waals surface area contributed by atoms with Crippen LogP contribution in [0.2, 0.25) is 0 Å². The van der Waals surface area contributed by atoms with Gasteiger partial charge in [-0.25, -0.2) is 4.98 Å². The highest BCUT2D eigenvalue weighted by Crippen LogP contribution is 2.27. The lowest BCUT2D eigenvalue weighted by Crippen LogP contribution is -2.26. The van der Waals surface area contributed by atoms with E-state index in [2.05, 4.69) is 10.3 Å². The molecule has 2 rings (SSSR count). The van der Waals surface area contributed by atoms with Crippen LogP contribution in [-0.4, -0.2) is 22.7 Å². The van der Waals surface area contributed by atoms with E-state index >= 15 is 0 Å². The summed E-state index contributed by atoms with van der Waals surface area (Å²) in [5.74, 6) is -2.89. The molecule has 3 nitrogen and oxygen atoms in total. The lowest BCUT2D eigenvalue weighted by molar-refractivity contribution is 0.0947. The summed E-state index contributed by atoms with van der Waals surface area (Å²) in [5, 5.41) is 2.83. The van der Waals surface area contributed by atoms with Gasteiger partial charge in [0.05, 0.1) is 5.56 Å². The van der Waals surface area contributed by atoms with Crippen molar-refractivity contribution in [1.82, 2.24) is 10.3 Å². The van der Waals surface area contributed by atoms with Crippen molar-refractivity contribution in [1.29, 1.82) is 0 Å². The SMILES string of the molecule is O=C(NC1CC1)c1cccnc1SC(F)F. The third-order valence-electron chi connectivity index (χ3n) is 2.13. The van der Waals surface area contributed by atoms with Gasteiger partial charge in [0.15, 0.2) is 0 Å². The standard InChI is InChI=1S/C10H10F2N2OS/c11-10(12)16-9-7(2-1-5-13-9)8(15)14-6-3-4-6/h1-2,5-6,10H,3-4H2,(H,14,15). The summed E-state index contributed by atoms with van der Waals surface area (Å²) in [7, 11) is 0. The zero-order chi connectivity index (χ0) is 11.5. The van der Waals surface area contributed by atoms with Crippen molar-refractivity contribution < 1.29 is 13.6 Å². The summed E-state index contributed by atoms with van der Waals surface area (Å²) in [6.45, 7) is 0. The average molecular weight is 244 g/mol. The number of nitrogens with zero attached hydrogens (tertiary/aromatic N) is 1. The molecule has 1 aromatic rings. The Kier molecular flexibility index (Phi) is 3.38. The number of carbonyl (C=O) groups excluding carboxylic acids is 1. The van der Waals surface area contributed by atoms with Gasteiger partial charge in [-0.15, -0.1) is 0 Å². The lowest BCUT2D eigenvalue weighted by Gasteiger charge is -2.07. The molecule has 0 aromatic carbocycles. The molecule has 16 heavy (non-hydrogen) atoms. The number of alkyl halides is 2. The van der Waals surface area contributed by atoms with E-state index in [0.717, 1.165) is 12.8 Å². The molecule has 1 heterocycles. The highest BCUT2D eigenvalue weighted by Gasteiger charge is 2.25. The van der Waals surface area contributed by atoms with Crippen molar-refractivity contribution in [2.24, 2.45) is 0 Å². The second kappa shape index (κ2) is 4.78. The molecule has 0 saturated heterocycles. The Morgan fingerprint density at radius 3 is 2.94 bits per heavy atom. The van der Waals surface area contributed by atoms with Crippen LogP contribution in [-0.2, 0) is 0 Å². The monoisotopic (exact) mass is 244 g/mol. The van der Waals surface area contributed by atoms with E-state index in [0.29, 0.717) is 11.8 Å².